The van der Waals surface area contributed by atoms with Crippen LogP contribution in [0.2, 0.25) is 0 Å². The Morgan fingerprint density at radius 1 is 1.55 bits per heavy atom. The third-order valence-electron chi connectivity index (χ3n) is 1.49. The van der Waals surface area contributed by atoms with Crippen LogP contribution in [0, 0.1) is 0 Å². The summed E-state index contributed by atoms with van der Waals surface area (Å²) in [4.78, 5) is 20.0. The predicted octanol–water partition coefficient (Wildman–Crippen LogP) is 0.296. The molecule has 11 heavy (non-hydrogen) atoms. The fourth-order valence-electron chi connectivity index (χ4n) is 0.925. The zero-order valence-corrected chi connectivity index (χ0v) is 5.69. The third-order valence-corrected chi connectivity index (χ3v) is 1.49. The average Bonchev–Trinajstić information content (AvgIpc) is 2.30. The Labute approximate surface area is 63.3 Å². The summed E-state index contributed by atoms with van der Waals surface area (Å²) in [6, 6.07) is 0. The quantitative estimate of drug-likeness (QED) is 0.462. The fourth-order valence-corrected chi connectivity index (χ4v) is 0.925. The lowest BCUT2D eigenvalue weighted by molar-refractivity contribution is -0.114. The number of aliphatic imine (C=N–C) groups is 2. The number of carbonyl (C=O) groups is 1. The van der Waals surface area contributed by atoms with Crippen molar-refractivity contribution >= 4 is 18.1 Å². The van der Waals surface area contributed by atoms with Crippen molar-refractivity contribution in [3.05, 3.63) is 24.6 Å². The maximum Gasteiger partial charge on any atom is 0.295 e. The number of nitrogens with zero attached hydrogens (tertiary/aromatic N) is 3. The molecule has 2 heterocycles. The monoisotopic (exact) mass is 147 g/mol. The number of hydrogen-bond donors (Lipinski definition) is 0. The lowest BCUT2D eigenvalue weighted by atomic mass is 10.4. The summed E-state index contributed by atoms with van der Waals surface area (Å²) in [6.45, 7) is 3.56. The first-order chi connectivity index (χ1) is 5.29. The van der Waals surface area contributed by atoms with Gasteiger partial charge < -0.3 is 0 Å². The molecule has 0 fully saturated rings. The molecule has 2 aliphatic heterocycles. The molecule has 0 spiro atoms. The summed E-state index contributed by atoms with van der Waals surface area (Å²) in [5, 5.41) is 0. The van der Waals surface area contributed by atoms with Crippen molar-refractivity contribution in [2.45, 2.75) is 0 Å². The van der Waals surface area contributed by atoms with E-state index in [1.165, 1.54) is 6.34 Å². The Morgan fingerprint density at radius 2 is 2.36 bits per heavy atom. The van der Waals surface area contributed by atoms with Gasteiger partial charge in [-0.1, -0.05) is 6.58 Å². The van der Waals surface area contributed by atoms with E-state index in [0.29, 0.717) is 11.5 Å². The molecule has 0 atom stereocenters. The minimum atomic E-state index is -0.294. The molecule has 0 saturated carbocycles. The topological polar surface area (TPSA) is 45.0 Å². The zero-order chi connectivity index (χ0) is 7.84. The van der Waals surface area contributed by atoms with E-state index in [1.807, 2.05) is 0 Å². The van der Waals surface area contributed by atoms with Crippen LogP contribution in [-0.4, -0.2) is 23.0 Å². The van der Waals surface area contributed by atoms with Gasteiger partial charge in [-0.15, -0.1) is 0 Å². The lowest BCUT2D eigenvalue weighted by Crippen LogP contribution is -2.24. The highest BCUT2D eigenvalue weighted by molar-refractivity contribution is 6.19. The first-order valence-electron chi connectivity index (χ1n) is 3.10. The Hall–Kier alpha value is -1.71. The molecule has 2 aliphatic rings. The molecule has 0 radical (unpaired) electrons. The van der Waals surface area contributed by atoms with Gasteiger partial charge in [0.1, 0.15) is 17.9 Å². The fraction of sp³-hybridized carbons (Fsp3) is 0. The predicted molar refractivity (Wildman–Crippen MR) is 41.1 cm³/mol. The van der Waals surface area contributed by atoms with Crippen molar-refractivity contribution in [2.75, 3.05) is 0 Å². The van der Waals surface area contributed by atoms with Crippen LogP contribution in [0.1, 0.15) is 0 Å². The first-order valence-corrected chi connectivity index (χ1v) is 3.10. The molecule has 1 amide bonds. The summed E-state index contributed by atoms with van der Waals surface area (Å²) < 4.78 is 0. The Kier molecular flexibility index (Phi) is 1.03. The maximum absolute atomic E-state index is 10.9. The number of amides is 1. The van der Waals surface area contributed by atoms with Crippen LogP contribution in [0.25, 0.3) is 0 Å². The van der Waals surface area contributed by atoms with Crippen molar-refractivity contribution in [2.24, 2.45) is 9.98 Å². The van der Waals surface area contributed by atoms with Crippen molar-refractivity contribution in [1.82, 2.24) is 4.90 Å². The molecule has 4 nitrogen and oxygen atoms in total. The van der Waals surface area contributed by atoms with Crippen LogP contribution in [0.4, 0.5) is 0 Å². The van der Waals surface area contributed by atoms with E-state index in [4.69, 9.17) is 0 Å². The van der Waals surface area contributed by atoms with Crippen LogP contribution >= 0.6 is 0 Å². The normalized spacial score (nSPS) is 20.7. The summed E-state index contributed by atoms with van der Waals surface area (Å²) in [5.74, 6) is 0.299. The Morgan fingerprint density at radius 3 is 3.09 bits per heavy atom. The van der Waals surface area contributed by atoms with Crippen LogP contribution in [0.5, 0.6) is 0 Å². The lowest BCUT2D eigenvalue weighted by Gasteiger charge is -2.13. The second kappa shape index (κ2) is 1.88. The first kappa shape index (κ1) is 6.03. The molecule has 0 unspecified atom stereocenters. The molecular formula is C7H5N3O. The Bertz CT molecular complexity index is 325. The number of fused-ring (bicyclic) bond motifs is 1. The van der Waals surface area contributed by atoms with Crippen molar-refractivity contribution < 1.29 is 4.79 Å². The van der Waals surface area contributed by atoms with Crippen LogP contribution in [0.3, 0.4) is 0 Å². The smallest absolute Gasteiger partial charge is 0.280 e. The van der Waals surface area contributed by atoms with E-state index in [9.17, 15) is 4.79 Å². The second-order valence-corrected chi connectivity index (χ2v) is 2.17. The molecule has 0 aliphatic carbocycles. The molecule has 0 aromatic rings. The molecule has 54 valence electrons. The number of hydrogen-bond acceptors (Lipinski definition) is 3. The minimum Gasteiger partial charge on any atom is -0.280 e. The average molecular weight is 147 g/mol. The number of amidine groups is 1. The number of carbonyl (C=O) groups excluding carboxylic acids is 1. The summed E-state index contributed by atoms with van der Waals surface area (Å²) in [6.07, 6.45) is 4.77. The van der Waals surface area contributed by atoms with Gasteiger partial charge in [-0.05, 0) is 6.08 Å². The van der Waals surface area contributed by atoms with E-state index in [1.54, 1.807) is 17.2 Å². The van der Waals surface area contributed by atoms with E-state index in [0.717, 1.165) is 0 Å². The Balaban J connectivity index is 2.47. The van der Waals surface area contributed by atoms with Gasteiger partial charge >= 0.3 is 0 Å². The highest BCUT2D eigenvalue weighted by Crippen LogP contribution is 2.14. The second-order valence-electron chi connectivity index (χ2n) is 2.17. The van der Waals surface area contributed by atoms with E-state index >= 15 is 0 Å². The van der Waals surface area contributed by atoms with Gasteiger partial charge in [0.2, 0.25) is 0 Å². The summed E-state index contributed by atoms with van der Waals surface area (Å²) >= 11 is 0. The van der Waals surface area contributed by atoms with Gasteiger partial charge in [-0.3, -0.25) is 9.69 Å². The molecule has 0 bridgehead atoms. The summed E-state index contributed by atoms with van der Waals surface area (Å²) in [5.41, 5.74) is 0.355. The van der Waals surface area contributed by atoms with Crippen molar-refractivity contribution in [3.8, 4) is 0 Å². The molecule has 0 N–H and O–H groups in total. The minimum absolute atomic E-state index is 0.294. The molecular weight excluding hydrogens is 142 g/mol. The highest BCUT2D eigenvalue weighted by Gasteiger charge is 2.25. The SMILES string of the molecule is C=C1C(=O)N=C2C=CN=CN12. The van der Waals surface area contributed by atoms with E-state index < -0.39 is 0 Å². The van der Waals surface area contributed by atoms with Gasteiger partial charge in [0.05, 0.1) is 0 Å². The third kappa shape index (κ3) is 0.724. The van der Waals surface area contributed by atoms with E-state index in [2.05, 4.69) is 16.6 Å². The van der Waals surface area contributed by atoms with Gasteiger partial charge in [-0.2, -0.15) is 4.99 Å². The molecule has 0 aromatic carbocycles. The number of rotatable bonds is 0. The maximum atomic E-state index is 10.9. The summed E-state index contributed by atoms with van der Waals surface area (Å²) in [7, 11) is 0. The standard InChI is InChI=1S/C7H5N3O/c1-5-7(11)9-6-2-3-8-4-10(5)6/h2-4H,1H2. The largest absolute Gasteiger partial charge is 0.295 e. The van der Waals surface area contributed by atoms with Crippen LogP contribution < -0.4 is 0 Å². The van der Waals surface area contributed by atoms with Crippen molar-refractivity contribution in [3.63, 3.8) is 0 Å². The molecule has 0 saturated heterocycles. The molecule has 4 heteroatoms. The van der Waals surface area contributed by atoms with Crippen LogP contribution in [-0.2, 0) is 4.79 Å². The van der Waals surface area contributed by atoms with Crippen LogP contribution in [0.15, 0.2) is 34.5 Å². The molecule has 0 aromatic heterocycles. The van der Waals surface area contributed by atoms with Gasteiger partial charge in [-0.25, -0.2) is 4.99 Å². The van der Waals surface area contributed by atoms with Gasteiger partial charge in [0.25, 0.3) is 5.91 Å². The van der Waals surface area contributed by atoms with Gasteiger partial charge in [0.15, 0.2) is 0 Å². The highest BCUT2D eigenvalue weighted by atomic mass is 16.2. The van der Waals surface area contributed by atoms with E-state index in [-0.39, 0.29) is 5.91 Å². The van der Waals surface area contributed by atoms with Gasteiger partial charge in [0, 0.05) is 6.20 Å². The van der Waals surface area contributed by atoms with Crippen molar-refractivity contribution in [1.29, 1.82) is 0 Å². The molecule has 2 rings (SSSR count). The zero-order valence-electron chi connectivity index (χ0n) is 5.69.